The average molecular weight is 302 g/mol. The van der Waals surface area contributed by atoms with Gasteiger partial charge in [0.25, 0.3) is 5.91 Å². The maximum atomic E-state index is 12.4. The predicted octanol–water partition coefficient (Wildman–Crippen LogP) is 3.92. The summed E-state index contributed by atoms with van der Waals surface area (Å²) in [5.41, 5.74) is 0. The van der Waals surface area contributed by atoms with Crippen molar-refractivity contribution in [2.45, 2.75) is 38.6 Å². The Balaban J connectivity index is 2.15. The molecule has 2 nitrogen and oxygen atoms in total. The van der Waals surface area contributed by atoms with E-state index in [1.807, 2.05) is 16.3 Å². The topological polar surface area (TPSA) is 20.3 Å². The van der Waals surface area contributed by atoms with Crippen molar-refractivity contribution in [3.63, 3.8) is 0 Å². The summed E-state index contributed by atoms with van der Waals surface area (Å²) in [6.45, 7) is 2.88. The van der Waals surface area contributed by atoms with Crippen LogP contribution in [0.15, 0.2) is 15.9 Å². The summed E-state index contributed by atoms with van der Waals surface area (Å²) >= 11 is 4.96. The number of carbonyl (C=O) groups excluding carboxylic acids is 1. The molecular formula is C12H16BrNOS. The molecule has 1 saturated carbocycles. The van der Waals surface area contributed by atoms with E-state index in [0.29, 0.717) is 6.04 Å². The molecule has 1 amide bonds. The molecule has 0 radical (unpaired) electrons. The molecule has 1 heterocycles. The van der Waals surface area contributed by atoms with E-state index in [9.17, 15) is 4.79 Å². The third-order valence-corrected chi connectivity index (χ3v) is 5.00. The Hall–Kier alpha value is -0.350. The van der Waals surface area contributed by atoms with E-state index in [4.69, 9.17) is 0 Å². The number of nitrogens with zero attached hydrogens (tertiary/aromatic N) is 1. The predicted molar refractivity (Wildman–Crippen MR) is 71.0 cm³/mol. The highest BCUT2D eigenvalue weighted by molar-refractivity contribution is 9.10. The Morgan fingerprint density at radius 3 is 2.75 bits per heavy atom. The van der Waals surface area contributed by atoms with Gasteiger partial charge in [-0.2, -0.15) is 0 Å². The van der Waals surface area contributed by atoms with Crippen molar-refractivity contribution in [3.05, 3.63) is 20.8 Å². The Morgan fingerprint density at radius 1 is 1.56 bits per heavy atom. The lowest BCUT2D eigenvalue weighted by molar-refractivity contribution is 0.0698. The van der Waals surface area contributed by atoms with Crippen LogP contribution >= 0.6 is 27.3 Å². The van der Waals surface area contributed by atoms with E-state index in [1.54, 1.807) is 0 Å². The second-order valence-corrected chi connectivity index (χ2v) is 5.90. The standard InChI is InChI=1S/C12H16BrNOS/c1-2-14(9-5-3-4-6-9)12(15)11-10(13)7-8-16-11/h7-9H,2-6H2,1H3. The third kappa shape index (κ3) is 2.33. The first-order valence-corrected chi connectivity index (χ1v) is 7.45. The number of carbonyl (C=O) groups is 1. The molecule has 0 spiro atoms. The van der Waals surface area contributed by atoms with Crippen LogP contribution in [0.4, 0.5) is 0 Å². The lowest BCUT2D eigenvalue weighted by Crippen LogP contribution is -2.38. The van der Waals surface area contributed by atoms with Gasteiger partial charge < -0.3 is 4.90 Å². The first kappa shape index (κ1) is 12.1. The quantitative estimate of drug-likeness (QED) is 0.829. The van der Waals surface area contributed by atoms with Gasteiger partial charge in [-0.05, 0) is 47.1 Å². The molecule has 0 saturated heterocycles. The fourth-order valence-corrected chi connectivity index (χ4v) is 3.86. The molecule has 0 bridgehead atoms. The van der Waals surface area contributed by atoms with Crippen molar-refractivity contribution in [3.8, 4) is 0 Å². The minimum absolute atomic E-state index is 0.191. The van der Waals surface area contributed by atoms with E-state index in [2.05, 4.69) is 22.9 Å². The molecule has 16 heavy (non-hydrogen) atoms. The minimum atomic E-state index is 0.191. The fourth-order valence-electron chi connectivity index (χ4n) is 2.36. The summed E-state index contributed by atoms with van der Waals surface area (Å²) in [7, 11) is 0. The van der Waals surface area contributed by atoms with Gasteiger partial charge in [-0.15, -0.1) is 11.3 Å². The van der Waals surface area contributed by atoms with Crippen LogP contribution in [0.3, 0.4) is 0 Å². The summed E-state index contributed by atoms with van der Waals surface area (Å²) in [6.07, 6.45) is 4.87. The third-order valence-electron chi connectivity index (χ3n) is 3.18. The van der Waals surface area contributed by atoms with Gasteiger partial charge in [0.1, 0.15) is 4.88 Å². The Morgan fingerprint density at radius 2 is 2.25 bits per heavy atom. The number of hydrogen-bond acceptors (Lipinski definition) is 2. The van der Waals surface area contributed by atoms with Gasteiger partial charge in [0, 0.05) is 17.1 Å². The highest BCUT2D eigenvalue weighted by atomic mass is 79.9. The highest BCUT2D eigenvalue weighted by Gasteiger charge is 2.27. The Bertz CT molecular complexity index is 371. The zero-order chi connectivity index (χ0) is 11.5. The van der Waals surface area contributed by atoms with Gasteiger partial charge >= 0.3 is 0 Å². The highest BCUT2D eigenvalue weighted by Crippen LogP contribution is 2.29. The van der Waals surface area contributed by atoms with Crippen LogP contribution in [-0.2, 0) is 0 Å². The first-order chi connectivity index (χ1) is 7.74. The minimum Gasteiger partial charge on any atom is -0.335 e. The monoisotopic (exact) mass is 301 g/mol. The summed E-state index contributed by atoms with van der Waals surface area (Å²) in [4.78, 5) is 15.2. The van der Waals surface area contributed by atoms with Crippen molar-refractivity contribution < 1.29 is 4.79 Å². The molecule has 1 aliphatic rings. The van der Waals surface area contributed by atoms with Gasteiger partial charge in [0.15, 0.2) is 0 Å². The number of halogens is 1. The first-order valence-electron chi connectivity index (χ1n) is 5.78. The molecule has 1 aromatic rings. The zero-order valence-electron chi connectivity index (χ0n) is 9.41. The van der Waals surface area contributed by atoms with Gasteiger partial charge in [-0.25, -0.2) is 0 Å². The van der Waals surface area contributed by atoms with Crippen molar-refractivity contribution in [2.75, 3.05) is 6.54 Å². The Kier molecular flexibility index (Phi) is 4.03. The zero-order valence-corrected chi connectivity index (χ0v) is 11.8. The molecule has 0 aliphatic heterocycles. The van der Waals surface area contributed by atoms with Crippen LogP contribution in [0.2, 0.25) is 0 Å². The molecule has 0 unspecified atom stereocenters. The van der Waals surface area contributed by atoms with Crippen molar-refractivity contribution in [1.29, 1.82) is 0 Å². The second kappa shape index (κ2) is 5.32. The number of thiophene rings is 1. The molecule has 1 aliphatic carbocycles. The lowest BCUT2D eigenvalue weighted by atomic mass is 10.2. The number of hydrogen-bond donors (Lipinski definition) is 0. The SMILES string of the molecule is CCN(C(=O)c1sccc1Br)C1CCCC1. The number of rotatable bonds is 3. The molecule has 4 heteroatoms. The summed E-state index contributed by atoms with van der Waals surface area (Å²) in [5, 5.41) is 1.96. The number of amides is 1. The largest absolute Gasteiger partial charge is 0.335 e. The van der Waals surface area contributed by atoms with Gasteiger partial charge in [0.2, 0.25) is 0 Å². The van der Waals surface area contributed by atoms with Gasteiger partial charge in [-0.3, -0.25) is 4.79 Å². The molecule has 1 fully saturated rings. The van der Waals surface area contributed by atoms with Crippen molar-refractivity contribution >= 4 is 33.2 Å². The molecule has 0 atom stereocenters. The molecule has 0 N–H and O–H groups in total. The van der Waals surface area contributed by atoms with Crippen LogP contribution < -0.4 is 0 Å². The van der Waals surface area contributed by atoms with Crippen LogP contribution in [-0.4, -0.2) is 23.4 Å². The summed E-state index contributed by atoms with van der Waals surface area (Å²) < 4.78 is 0.930. The maximum absolute atomic E-state index is 12.4. The van der Waals surface area contributed by atoms with Crippen LogP contribution in [0.1, 0.15) is 42.3 Å². The average Bonchev–Trinajstić information content (AvgIpc) is 2.90. The van der Waals surface area contributed by atoms with Crippen LogP contribution in [0.25, 0.3) is 0 Å². The van der Waals surface area contributed by atoms with Gasteiger partial charge in [-0.1, -0.05) is 12.8 Å². The lowest BCUT2D eigenvalue weighted by Gasteiger charge is -2.27. The smallest absolute Gasteiger partial charge is 0.265 e. The fraction of sp³-hybridized carbons (Fsp3) is 0.583. The molecular weight excluding hydrogens is 286 g/mol. The summed E-state index contributed by atoms with van der Waals surface area (Å²) in [6, 6.07) is 2.41. The van der Waals surface area contributed by atoms with E-state index < -0.39 is 0 Å². The van der Waals surface area contributed by atoms with Crippen molar-refractivity contribution in [1.82, 2.24) is 4.90 Å². The van der Waals surface area contributed by atoms with E-state index in [0.717, 1.165) is 15.9 Å². The normalized spacial score (nSPS) is 16.6. The molecule has 88 valence electrons. The molecule has 1 aromatic heterocycles. The molecule has 0 aromatic carbocycles. The van der Waals surface area contributed by atoms with E-state index in [-0.39, 0.29) is 5.91 Å². The van der Waals surface area contributed by atoms with Crippen molar-refractivity contribution in [2.24, 2.45) is 0 Å². The van der Waals surface area contributed by atoms with E-state index in [1.165, 1.54) is 37.0 Å². The van der Waals surface area contributed by atoms with E-state index >= 15 is 0 Å². The van der Waals surface area contributed by atoms with Gasteiger partial charge in [0.05, 0.1) is 0 Å². The summed E-state index contributed by atoms with van der Waals surface area (Å²) in [5.74, 6) is 0.191. The maximum Gasteiger partial charge on any atom is 0.265 e. The molecule has 2 rings (SSSR count). The van der Waals surface area contributed by atoms with Crippen LogP contribution in [0, 0.1) is 0 Å². The van der Waals surface area contributed by atoms with Crippen LogP contribution in [0.5, 0.6) is 0 Å². The Labute approximate surface area is 109 Å². The second-order valence-electron chi connectivity index (χ2n) is 4.13.